The van der Waals surface area contributed by atoms with Crippen LogP contribution in [-0.4, -0.2) is 22.8 Å². The predicted octanol–water partition coefficient (Wildman–Crippen LogP) is 2.77. The lowest BCUT2D eigenvalue weighted by molar-refractivity contribution is -0.148. The molecule has 0 aliphatic carbocycles. The van der Waals surface area contributed by atoms with Crippen molar-refractivity contribution in [1.29, 1.82) is 0 Å². The van der Waals surface area contributed by atoms with Gasteiger partial charge in [0, 0.05) is 11.5 Å². The summed E-state index contributed by atoms with van der Waals surface area (Å²) in [4.78, 5) is 26.9. The van der Waals surface area contributed by atoms with Crippen molar-refractivity contribution >= 4 is 28.7 Å². The zero-order valence-electron chi connectivity index (χ0n) is 11.4. The molecule has 2 aromatic rings. The van der Waals surface area contributed by atoms with Crippen LogP contribution in [0, 0.1) is 0 Å². The van der Waals surface area contributed by atoms with Gasteiger partial charge in [-0.05, 0) is 32.1 Å². The number of Topliss-reactive ketones (excluding diaryl/α,β-unsaturated/α-hetero) is 1. The van der Waals surface area contributed by atoms with Crippen molar-refractivity contribution < 1.29 is 14.3 Å². The maximum absolute atomic E-state index is 11.5. The van der Waals surface area contributed by atoms with Crippen LogP contribution in [0.3, 0.4) is 0 Å². The molecule has 0 bridgehead atoms. The number of pyridine rings is 1. The molecular weight excluding hydrogens is 254 g/mol. The second-order valence-corrected chi connectivity index (χ2v) is 4.45. The highest BCUT2D eigenvalue weighted by Gasteiger charge is 2.10. The summed E-state index contributed by atoms with van der Waals surface area (Å²) in [6, 6.07) is 11.5. The monoisotopic (exact) mass is 269 g/mol. The van der Waals surface area contributed by atoms with Crippen LogP contribution in [0.15, 0.2) is 42.5 Å². The van der Waals surface area contributed by atoms with Crippen LogP contribution in [0.1, 0.15) is 19.5 Å². The highest BCUT2D eigenvalue weighted by molar-refractivity contribution is 5.90. The third-order valence-electron chi connectivity index (χ3n) is 2.88. The first kappa shape index (κ1) is 13.9. The van der Waals surface area contributed by atoms with Crippen LogP contribution in [-0.2, 0) is 14.3 Å². The number of carbonyl (C=O) groups is 2. The van der Waals surface area contributed by atoms with Gasteiger partial charge in [0.05, 0.1) is 11.2 Å². The molecule has 0 spiro atoms. The number of ketones is 1. The smallest absolute Gasteiger partial charge is 0.331 e. The number of ether oxygens (including phenoxy) is 1. The Morgan fingerprint density at radius 3 is 2.70 bits per heavy atom. The Balaban J connectivity index is 2.09. The summed E-state index contributed by atoms with van der Waals surface area (Å²) < 4.78 is 4.92. The first-order valence-electron chi connectivity index (χ1n) is 6.31. The molecule has 1 aromatic heterocycles. The summed E-state index contributed by atoms with van der Waals surface area (Å²) in [5.41, 5.74) is 1.52. The Bertz CT molecular complexity index is 676. The number of carbonyl (C=O) groups excluding carboxylic acids is 2. The third kappa shape index (κ3) is 3.51. The van der Waals surface area contributed by atoms with Gasteiger partial charge in [-0.25, -0.2) is 9.78 Å². The largest absolute Gasteiger partial charge is 0.452 e. The first-order valence-corrected chi connectivity index (χ1v) is 6.31. The van der Waals surface area contributed by atoms with Gasteiger partial charge in [0.15, 0.2) is 11.9 Å². The van der Waals surface area contributed by atoms with Crippen LogP contribution in [0.25, 0.3) is 17.0 Å². The van der Waals surface area contributed by atoms with E-state index in [-0.39, 0.29) is 5.78 Å². The summed E-state index contributed by atoms with van der Waals surface area (Å²) in [6.07, 6.45) is 2.12. The van der Waals surface area contributed by atoms with Crippen LogP contribution in [0.4, 0.5) is 0 Å². The van der Waals surface area contributed by atoms with E-state index in [0.717, 1.165) is 10.9 Å². The molecule has 0 amide bonds. The molecule has 1 atom stereocenters. The first-order chi connectivity index (χ1) is 9.56. The molecule has 20 heavy (non-hydrogen) atoms. The average Bonchev–Trinajstić information content (AvgIpc) is 2.44. The van der Waals surface area contributed by atoms with Crippen molar-refractivity contribution in [3.05, 3.63) is 48.2 Å². The standard InChI is InChI=1S/C16H15NO3/c1-11(18)12(2)20-16(19)10-9-14-8-7-13-5-3-4-6-15(13)17-14/h3-10,12H,1-2H3/b10-9+/t12-/m0/s1. The lowest BCUT2D eigenvalue weighted by atomic mass is 10.2. The van der Waals surface area contributed by atoms with Crippen molar-refractivity contribution in [2.45, 2.75) is 20.0 Å². The Kier molecular flexibility index (Phi) is 4.25. The fraction of sp³-hybridized carbons (Fsp3) is 0.188. The number of fused-ring (bicyclic) bond motifs is 1. The molecule has 0 fully saturated rings. The molecule has 0 radical (unpaired) electrons. The third-order valence-corrected chi connectivity index (χ3v) is 2.88. The summed E-state index contributed by atoms with van der Waals surface area (Å²) in [5.74, 6) is -0.738. The molecule has 0 saturated carbocycles. The predicted molar refractivity (Wildman–Crippen MR) is 77.0 cm³/mol. The van der Waals surface area contributed by atoms with E-state index in [4.69, 9.17) is 4.74 Å². The molecule has 0 unspecified atom stereocenters. The number of hydrogen-bond acceptors (Lipinski definition) is 4. The second-order valence-electron chi connectivity index (χ2n) is 4.45. The van der Waals surface area contributed by atoms with Gasteiger partial charge in [-0.1, -0.05) is 24.3 Å². The topological polar surface area (TPSA) is 56.3 Å². The van der Waals surface area contributed by atoms with E-state index >= 15 is 0 Å². The van der Waals surface area contributed by atoms with Crippen LogP contribution in [0.2, 0.25) is 0 Å². The highest BCUT2D eigenvalue weighted by atomic mass is 16.5. The van der Waals surface area contributed by atoms with E-state index in [0.29, 0.717) is 5.69 Å². The molecule has 1 heterocycles. The van der Waals surface area contributed by atoms with Crippen molar-refractivity contribution in [2.75, 3.05) is 0 Å². The normalized spacial score (nSPS) is 12.5. The number of para-hydroxylation sites is 1. The lowest BCUT2D eigenvalue weighted by Gasteiger charge is -2.06. The minimum atomic E-state index is -0.725. The molecule has 0 aliphatic heterocycles. The Morgan fingerprint density at radius 1 is 1.20 bits per heavy atom. The number of rotatable bonds is 4. The van der Waals surface area contributed by atoms with Gasteiger partial charge < -0.3 is 4.74 Å². The minimum Gasteiger partial charge on any atom is -0.452 e. The maximum atomic E-state index is 11.5. The number of aromatic nitrogens is 1. The van der Waals surface area contributed by atoms with Crippen molar-refractivity contribution in [3.63, 3.8) is 0 Å². The van der Waals surface area contributed by atoms with Crippen molar-refractivity contribution in [1.82, 2.24) is 4.98 Å². The van der Waals surface area contributed by atoms with Crippen LogP contribution >= 0.6 is 0 Å². The van der Waals surface area contributed by atoms with Gasteiger partial charge in [-0.15, -0.1) is 0 Å². The fourth-order valence-electron chi connectivity index (χ4n) is 1.62. The van der Waals surface area contributed by atoms with Gasteiger partial charge in [0.25, 0.3) is 0 Å². The quantitative estimate of drug-likeness (QED) is 0.632. The van der Waals surface area contributed by atoms with E-state index in [1.807, 2.05) is 36.4 Å². The summed E-state index contributed by atoms with van der Waals surface area (Å²) in [6.45, 7) is 2.93. The van der Waals surface area contributed by atoms with E-state index < -0.39 is 12.1 Å². The summed E-state index contributed by atoms with van der Waals surface area (Å²) in [5, 5.41) is 1.04. The number of nitrogens with zero attached hydrogens (tertiary/aromatic N) is 1. The Labute approximate surface area is 117 Å². The Hall–Kier alpha value is -2.49. The minimum absolute atomic E-state index is 0.185. The van der Waals surface area contributed by atoms with Gasteiger partial charge in [-0.2, -0.15) is 0 Å². The molecule has 1 aromatic carbocycles. The maximum Gasteiger partial charge on any atom is 0.331 e. The summed E-state index contributed by atoms with van der Waals surface area (Å²) in [7, 11) is 0. The number of esters is 1. The highest BCUT2D eigenvalue weighted by Crippen LogP contribution is 2.12. The SMILES string of the molecule is CC(=O)[C@H](C)OC(=O)/C=C/c1ccc2ccccc2n1. The van der Waals surface area contributed by atoms with E-state index in [9.17, 15) is 9.59 Å². The number of hydrogen-bond donors (Lipinski definition) is 0. The molecule has 102 valence electrons. The molecule has 0 aliphatic rings. The molecule has 0 saturated heterocycles. The van der Waals surface area contributed by atoms with E-state index in [1.165, 1.54) is 13.0 Å². The van der Waals surface area contributed by atoms with E-state index in [1.54, 1.807) is 13.0 Å². The summed E-state index contributed by atoms with van der Waals surface area (Å²) >= 11 is 0. The molecule has 4 heteroatoms. The van der Waals surface area contributed by atoms with E-state index in [2.05, 4.69) is 4.98 Å². The fourth-order valence-corrected chi connectivity index (χ4v) is 1.62. The molecule has 0 N–H and O–H groups in total. The van der Waals surface area contributed by atoms with Gasteiger partial charge in [0.1, 0.15) is 0 Å². The second kappa shape index (κ2) is 6.10. The average molecular weight is 269 g/mol. The zero-order valence-corrected chi connectivity index (χ0v) is 11.4. The lowest BCUT2D eigenvalue weighted by Crippen LogP contribution is -2.20. The van der Waals surface area contributed by atoms with Gasteiger partial charge in [-0.3, -0.25) is 4.79 Å². The Morgan fingerprint density at radius 2 is 1.95 bits per heavy atom. The number of benzene rings is 1. The molecular formula is C16H15NO3. The van der Waals surface area contributed by atoms with Crippen molar-refractivity contribution in [3.8, 4) is 0 Å². The van der Waals surface area contributed by atoms with Crippen LogP contribution < -0.4 is 0 Å². The molecule has 4 nitrogen and oxygen atoms in total. The zero-order chi connectivity index (χ0) is 14.5. The van der Waals surface area contributed by atoms with Gasteiger partial charge >= 0.3 is 5.97 Å². The molecule has 2 rings (SSSR count). The van der Waals surface area contributed by atoms with Crippen molar-refractivity contribution in [2.24, 2.45) is 0 Å². The van der Waals surface area contributed by atoms with Crippen LogP contribution in [0.5, 0.6) is 0 Å². The van der Waals surface area contributed by atoms with Gasteiger partial charge in [0.2, 0.25) is 0 Å².